The molecule has 21 heavy (non-hydrogen) atoms. The van der Waals surface area contributed by atoms with Crippen LogP contribution >= 0.6 is 12.4 Å². The number of carbonyl (C=O) groups is 1. The summed E-state index contributed by atoms with van der Waals surface area (Å²) in [4.78, 5) is 14.9. The smallest absolute Gasteiger partial charge is 0.225 e. The number of likely N-dealkylation sites (N-methyl/N-ethyl adjacent to an activating group) is 1. The van der Waals surface area contributed by atoms with Gasteiger partial charge in [0.15, 0.2) is 0 Å². The van der Waals surface area contributed by atoms with Crippen LogP contribution in [0.5, 0.6) is 0 Å². The maximum absolute atomic E-state index is 12.8. The van der Waals surface area contributed by atoms with E-state index in [1.807, 2.05) is 7.05 Å². The van der Waals surface area contributed by atoms with Gasteiger partial charge in [0.25, 0.3) is 0 Å². The average Bonchev–Trinajstić information content (AvgIpc) is 2.53. The molecule has 2 saturated carbocycles. The third kappa shape index (κ3) is 3.92. The Morgan fingerprint density at radius 3 is 2.52 bits per heavy atom. The summed E-state index contributed by atoms with van der Waals surface area (Å²) in [6.45, 7) is 1.92. The highest BCUT2D eigenvalue weighted by molar-refractivity contribution is 5.85. The molecule has 0 spiro atoms. The molecule has 0 aromatic rings. The van der Waals surface area contributed by atoms with E-state index in [9.17, 15) is 4.79 Å². The molecular formula is C17H31ClN2O. The second-order valence-electron chi connectivity index (χ2n) is 7.23. The van der Waals surface area contributed by atoms with E-state index in [1.54, 1.807) is 0 Å². The van der Waals surface area contributed by atoms with Gasteiger partial charge in [0.05, 0.1) is 0 Å². The first-order chi connectivity index (χ1) is 9.78. The Labute approximate surface area is 135 Å². The molecule has 1 N–H and O–H groups in total. The van der Waals surface area contributed by atoms with Crippen LogP contribution in [0.4, 0.5) is 0 Å². The summed E-state index contributed by atoms with van der Waals surface area (Å²) in [6, 6.07) is 0.513. The van der Waals surface area contributed by atoms with Gasteiger partial charge in [-0.2, -0.15) is 0 Å². The normalized spacial score (nSPS) is 36.5. The molecule has 0 bridgehead atoms. The summed E-state index contributed by atoms with van der Waals surface area (Å²) in [5.74, 6) is 2.61. The third-order valence-electron chi connectivity index (χ3n) is 6.03. The van der Waals surface area contributed by atoms with Crippen LogP contribution in [0.3, 0.4) is 0 Å². The van der Waals surface area contributed by atoms with Crippen LogP contribution in [0.25, 0.3) is 0 Å². The number of carbonyl (C=O) groups excluding carboxylic acids is 1. The van der Waals surface area contributed by atoms with Crippen molar-refractivity contribution in [2.75, 3.05) is 20.1 Å². The van der Waals surface area contributed by atoms with E-state index in [-0.39, 0.29) is 12.4 Å². The van der Waals surface area contributed by atoms with Crippen molar-refractivity contribution >= 4 is 18.3 Å². The second kappa shape index (κ2) is 7.82. The molecule has 4 atom stereocenters. The summed E-state index contributed by atoms with van der Waals surface area (Å²) >= 11 is 0. The number of amides is 1. The highest BCUT2D eigenvalue weighted by Gasteiger charge is 2.37. The predicted molar refractivity (Wildman–Crippen MR) is 88.7 cm³/mol. The minimum atomic E-state index is 0. The number of rotatable bonds is 2. The number of halogens is 1. The van der Waals surface area contributed by atoms with Crippen molar-refractivity contribution < 1.29 is 4.79 Å². The van der Waals surface area contributed by atoms with E-state index in [0.29, 0.717) is 17.9 Å². The van der Waals surface area contributed by atoms with Crippen LogP contribution in [-0.2, 0) is 4.79 Å². The average molecular weight is 315 g/mol. The zero-order chi connectivity index (χ0) is 13.9. The van der Waals surface area contributed by atoms with Crippen LogP contribution in [0.2, 0.25) is 0 Å². The van der Waals surface area contributed by atoms with Crippen LogP contribution in [0.1, 0.15) is 57.8 Å². The minimum absolute atomic E-state index is 0. The van der Waals surface area contributed by atoms with Crippen LogP contribution in [0.15, 0.2) is 0 Å². The molecule has 0 aromatic heterocycles. The van der Waals surface area contributed by atoms with Crippen molar-refractivity contribution in [3.05, 3.63) is 0 Å². The molecule has 3 fully saturated rings. The lowest BCUT2D eigenvalue weighted by atomic mass is 9.67. The Balaban J connectivity index is 0.00000161. The number of likely N-dealkylation sites (tertiary alicyclic amines) is 1. The maximum Gasteiger partial charge on any atom is 0.225 e. The summed E-state index contributed by atoms with van der Waals surface area (Å²) < 4.78 is 0. The first-order valence-corrected chi connectivity index (χ1v) is 8.74. The predicted octanol–water partition coefficient (Wildman–Crippen LogP) is 3.23. The third-order valence-corrected chi connectivity index (χ3v) is 6.03. The molecule has 0 radical (unpaired) electrons. The number of nitrogens with zero attached hydrogens (tertiary/aromatic N) is 1. The van der Waals surface area contributed by atoms with Gasteiger partial charge >= 0.3 is 0 Å². The largest absolute Gasteiger partial charge is 0.341 e. The molecule has 122 valence electrons. The molecule has 3 rings (SSSR count). The summed E-state index contributed by atoms with van der Waals surface area (Å²) in [7, 11) is 2.02. The van der Waals surface area contributed by atoms with Gasteiger partial charge in [-0.05, 0) is 51.0 Å². The van der Waals surface area contributed by atoms with Crippen molar-refractivity contribution in [3.63, 3.8) is 0 Å². The Kier molecular flexibility index (Phi) is 6.36. The van der Waals surface area contributed by atoms with Gasteiger partial charge in [0.2, 0.25) is 5.91 Å². The number of piperidine rings is 1. The van der Waals surface area contributed by atoms with Gasteiger partial charge in [-0.3, -0.25) is 4.79 Å². The van der Waals surface area contributed by atoms with Gasteiger partial charge in [0.1, 0.15) is 0 Å². The van der Waals surface area contributed by atoms with Crippen LogP contribution < -0.4 is 5.32 Å². The number of fused-ring (bicyclic) bond motifs is 1. The zero-order valence-electron chi connectivity index (χ0n) is 13.4. The lowest BCUT2D eigenvalue weighted by Gasteiger charge is -2.41. The van der Waals surface area contributed by atoms with E-state index in [0.717, 1.165) is 37.8 Å². The fourth-order valence-electron chi connectivity index (χ4n) is 4.77. The van der Waals surface area contributed by atoms with Gasteiger partial charge in [-0.25, -0.2) is 0 Å². The molecule has 3 nitrogen and oxygen atoms in total. The molecule has 4 heteroatoms. The minimum Gasteiger partial charge on any atom is -0.341 e. The van der Waals surface area contributed by atoms with Crippen molar-refractivity contribution in [1.29, 1.82) is 0 Å². The molecule has 3 aliphatic rings. The quantitative estimate of drug-likeness (QED) is 0.848. The first kappa shape index (κ1) is 17.1. The lowest BCUT2D eigenvalue weighted by Crippen LogP contribution is -2.49. The molecule has 1 amide bonds. The van der Waals surface area contributed by atoms with Gasteiger partial charge in [-0.1, -0.05) is 25.7 Å². The van der Waals surface area contributed by atoms with E-state index < -0.39 is 0 Å². The van der Waals surface area contributed by atoms with Gasteiger partial charge in [0, 0.05) is 25.0 Å². The Bertz CT molecular complexity index is 350. The lowest BCUT2D eigenvalue weighted by molar-refractivity contribution is -0.139. The van der Waals surface area contributed by atoms with Crippen LogP contribution in [0, 0.1) is 17.8 Å². The fourth-order valence-corrected chi connectivity index (χ4v) is 4.77. The molecule has 1 saturated heterocycles. The van der Waals surface area contributed by atoms with Crippen LogP contribution in [-0.4, -0.2) is 37.0 Å². The van der Waals surface area contributed by atoms with E-state index in [2.05, 4.69) is 10.2 Å². The van der Waals surface area contributed by atoms with E-state index in [4.69, 9.17) is 0 Å². The zero-order valence-corrected chi connectivity index (χ0v) is 14.2. The molecule has 0 aromatic carbocycles. The Morgan fingerprint density at radius 2 is 1.76 bits per heavy atom. The highest BCUT2D eigenvalue weighted by atomic mass is 35.5. The standard InChI is InChI=1S/C17H30N2O.ClH/c1-18-16-7-4-10-19(12-16)17(20)15-9-8-13-5-2-3-6-14(13)11-15;/h13-16,18H,2-12H2,1H3;1H. The summed E-state index contributed by atoms with van der Waals surface area (Å²) in [5.41, 5.74) is 0. The van der Waals surface area contributed by atoms with Crippen molar-refractivity contribution in [1.82, 2.24) is 10.2 Å². The molecule has 4 unspecified atom stereocenters. The second-order valence-corrected chi connectivity index (χ2v) is 7.23. The van der Waals surface area contributed by atoms with Gasteiger partial charge < -0.3 is 10.2 Å². The van der Waals surface area contributed by atoms with E-state index in [1.165, 1.54) is 44.9 Å². The number of nitrogens with one attached hydrogen (secondary N) is 1. The van der Waals surface area contributed by atoms with Gasteiger partial charge in [-0.15, -0.1) is 12.4 Å². The highest BCUT2D eigenvalue weighted by Crippen LogP contribution is 2.43. The van der Waals surface area contributed by atoms with Crippen molar-refractivity contribution in [3.8, 4) is 0 Å². The van der Waals surface area contributed by atoms with E-state index >= 15 is 0 Å². The fraction of sp³-hybridized carbons (Fsp3) is 0.941. The van der Waals surface area contributed by atoms with Crippen molar-refractivity contribution in [2.24, 2.45) is 17.8 Å². The summed E-state index contributed by atoms with van der Waals surface area (Å²) in [5, 5.41) is 3.34. The maximum atomic E-state index is 12.8. The molecule has 2 aliphatic carbocycles. The molecule has 1 aliphatic heterocycles. The number of hydrogen-bond acceptors (Lipinski definition) is 2. The Hall–Kier alpha value is -0.280. The first-order valence-electron chi connectivity index (χ1n) is 8.74. The SMILES string of the molecule is CNC1CCCN(C(=O)C2CCC3CCCCC3C2)C1.Cl. The molecular weight excluding hydrogens is 284 g/mol. The Morgan fingerprint density at radius 1 is 1.00 bits per heavy atom. The topological polar surface area (TPSA) is 32.3 Å². The number of hydrogen-bond donors (Lipinski definition) is 1. The molecule has 1 heterocycles. The monoisotopic (exact) mass is 314 g/mol. The van der Waals surface area contributed by atoms with Crippen molar-refractivity contribution in [2.45, 2.75) is 63.8 Å². The summed E-state index contributed by atoms with van der Waals surface area (Å²) in [6.07, 6.45) is 11.7.